The lowest BCUT2D eigenvalue weighted by atomic mass is 10.1. The number of benzene rings is 2. The highest BCUT2D eigenvalue weighted by Crippen LogP contribution is 2.40. The van der Waals surface area contributed by atoms with E-state index in [2.05, 4.69) is 34.6 Å². The van der Waals surface area contributed by atoms with Gasteiger partial charge in [0.2, 0.25) is 0 Å². The number of rotatable bonds is 7. The number of nitrogens with zero attached hydrogens (tertiary/aromatic N) is 1. The fourth-order valence-corrected chi connectivity index (χ4v) is 3.00. The van der Waals surface area contributed by atoms with Crippen molar-refractivity contribution in [2.24, 2.45) is 10.7 Å². The molecule has 0 aliphatic heterocycles. The summed E-state index contributed by atoms with van der Waals surface area (Å²) in [5.41, 5.74) is 8.52. The van der Waals surface area contributed by atoms with E-state index in [0.717, 1.165) is 29.9 Å². The molecule has 140 valence electrons. The van der Waals surface area contributed by atoms with E-state index < -0.39 is 0 Å². The molecule has 0 saturated heterocycles. The van der Waals surface area contributed by atoms with E-state index in [1.54, 1.807) is 14.2 Å². The summed E-state index contributed by atoms with van der Waals surface area (Å²) in [5.74, 6) is 2.53. The van der Waals surface area contributed by atoms with Crippen molar-refractivity contribution < 1.29 is 9.47 Å². The highest BCUT2D eigenvalue weighted by Gasteiger charge is 2.38. The Bertz CT molecular complexity index is 737. The van der Waals surface area contributed by atoms with Gasteiger partial charge < -0.3 is 20.5 Å². The van der Waals surface area contributed by atoms with Crippen LogP contribution in [0, 0.1) is 0 Å². The topological polar surface area (TPSA) is 68.9 Å². The van der Waals surface area contributed by atoms with Gasteiger partial charge in [-0.2, -0.15) is 0 Å². The predicted octanol–water partition coefficient (Wildman–Crippen LogP) is 3.32. The van der Waals surface area contributed by atoms with Crippen molar-refractivity contribution in [1.29, 1.82) is 0 Å². The standard InChI is InChI=1S/C20H25N3O2.HI/c1-24-18-9-8-14(12-19(18)25-2)10-11-22-20(21)23-17-13-16(17)15-6-4-3-5-7-15;/h3-9,12,16-17H,10-11,13H2,1-2H3,(H3,21,22,23);1H. The third-order valence-corrected chi connectivity index (χ3v) is 4.48. The van der Waals surface area contributed by atoms with Gasteiger partial charge in [-0.1, -0.05) is 36.4 Å². The van der Waals surface area contributed by atoms with Crippen LogP contribution in [-0.2, 0) is 6.42 Å². The first-order valence-corrected chi connectivity index (χ1v) is 8.53. The zero-order valence-corrected chi connectivity index (χ0v) is 17.5. The van der Waals surface area contributed by atoms with Gasteiger partial charge >= 0.3 is 0 Å². The number of methoxy groups -OCH3 is 2. The summed E-state index contributed by atoms with van der Waals surface area (Å²) in [7, 11) is 3.27. The van der Waals surface area contributed by atoms with Gasteiger partial charge in [-0.25, -0.2) is 0 Å². The Morgan fingerprint density at radius 2 is 1.85 bits per heavy atom. The average Bonchev–Trinajstić information content (AvgIpc) is 3.41. The Balaban J connectivity index is 0.00000243. The van der Waals surface area contributed by atoms with Crippen molar-refractivity contribution in [3.63, 3.8) is 0 Å². The Morgan fingerprint density at radius 3 is 2.54 bits per heavy atom. The first-order valence-electron chi connectivity index (χ1n) is 8.53. The number of guanidine groups is 1. The fourth-order valence-electron chi connectivity index (χ4n) is 3.00. The number of nitrogens with one attached hydrogen (secondary N) is 1. The highest BCUT2D eigenvalue weighted by atomic mass is 127. The van der Waals surface area contributed by atoms with E-state index in [-0.39, 0.29) is 24.0 Å². The molecule has 1 aliphatic carbocycles. The van der Waals surface area contributed by atoms with Crippen molar-refractivity contribution >= 4 is 29.9 Å². The Kier molecular flexibility index (Phi) is 7.56. The van der Waals surface area contributed by atoms with Gasteiger partial charge in [-0.15, -0.1) is 24.0 Å². The van der Waals surface area contributed by atoms with Gasteiger partial charge in [0.25, 0.3) is 0 Å². The average molecular weight is 467 g/mol. The van der Waals surface area contributed by atoms with Crippen LogP contribution in [0.3, 0.4) is 0 Å². The maximum Gasteiger partial charge on any atom is 0.188 e. The van der Waals surface area contributed by atoms with Crippen molar-refractivity contribution in [2.45, 2.75) is 24.8 Å². The van der Waals surface area contributed by atoms with E-state index in [9.17, 15) is 0 Å². The molecule has 2 unspecified atom stereocenters. The molecule has 2 aromatic carbocycles. The molecule has 3 N–H and O–H groups in total. The van der Waals surface area contributed by atoms with Gasteiger partial charge in [0.05, 0.1) is 14.2 Å². The molecule has 6 heteroatoms. The molecule has 0 radical (unpaired) electrons. The fraction of sp³-hybridized carbons (Fsp3) is 0.350. The molecule has 3 rings (SSSR count). The molecule has 0 amide bonds. The summed E-state index contributed by atoms with van der Waals surface area (Å²) in [4.78, 5) is 4.44. The Labute approximate surface area is 172 Å². The van der Waals surface area contributed by atoms with Crippen LogP contribution in [0.4, 0.5) is 0 Å². The molecule has 1 aliphatic rings. The quantitative estimate of drug-likeness (QED) is 0.373. The predicted molar refractivity (Wildman–Crippen MR) is 116 cm³/mol. The van der Waals surface area contributed by atoms with Crippen LogP contribution in [0.5, 0.6) is 11.5 Å². The van der Waals surface area contributed by atoms with Crippen LogP contribution in [-0.4, -0.2) is 32.8 Å². The molecule has 0 spiro atoms. The molecule has 0 aromatic heterocycles. The second kappa shape index (κ2) is 9.66. The molecular weight excluding hydrogens is 441 g/mol. The minimum Gasteiger partial charge on any atom is -0.493 e. The monoisotopic (exact) mass is 467 g/mol. The van der Waals surface area contributed by atoms with E-state index >= 15 is 0 Å². The number of nitrogens with two attached hydrogens (primary N) is 1. The summed E-state index contributed by atoms with van der Waals surface area (Å²) in [5, 5.41) is 3.31. The molecule has 2 aromatic rings. The smallest absolute Gasteiger partial charge is 0.188 e. The highest BCUT2D eigenvalue weighted by molar-refractivity contribution is 14.0. The van der Waals surface area contributed by atoms with Gasteiger partial charge in [-0.3, -0.25) is 4.99 Å². The third-order valence-electron chi connectivity index (χ3n) is 4.48. The Morgan fingerprint density at radius 1 is 1.12 bits per heavy atom. The third kappa shape index (κ3) is 5.27. The van der Waals surface area contributed by atoms with Gasteiger partial charge in [0.15, 0.2) is 17.5 Å². The Hall–Kier alpha value is -1.96. The molecule has 2 atom stereocenters. The van der Waals surface area contributed by atoms with Crippen LogP contribution >= 0.6 is 24.0 Å². The SMILES string of the molecule is COc1ccc(CCN=C(N)NC2CC2c2ccccc2)cc1OC.I. The minimum absolute atomic E-state index is 0. The molecular formula is C20H26IN3O2. The number of aliphatic imine (C=N–C) groups is 1. The van der Waals surface area contributed by atoms with Gasteiger partial charge in [-0.05, 0) is 36.1 Å². The van der Waals surface area contributed by atoms with Crippen molar-refractivity contribution in [2.75, 3.05) is 20.8 Å². The molecule has 5 nitrogen and oxygen atoms in total. The number of ether oxygens (including phenoxy) is 2. The maximum absolute atomic E-state index is 6.01. The van der Waals surface area contributed by atoms with E-state index in [1.807, 2.05) is 24.3 Å². The van der Waals surface area contributed by atoms with Gasteiger partial charge in [0.1, 0.15) is 0 Å². The van der Waals surface area contributed by atoms with Gasteiger partial charge in [0, 0.05) is 18.5 Å². The lowest BCUT2D eigenvalue weighted by molar-refractivity contribution is 0.354. The van der Waals surface area contributed by atoms with Crippen LogP contribution in [0.1, 0.15) is 23.5 Å². The zero-order valence-electron chi connectivity index (χ0n) is 15.1. The van der Waals surface area contributed by atoms with E-state index in [4.69, 9.17) is 15.2 Å². The summed E-state index contributed by atoms with van der Waals surface area (Å²) < 4.78 is 10.6. The molecule has 1 fully saturated rings. The number of hydrogen-bond acceptors (Lipinski definition) is 3. The summed E-state index contributed by atoms with van der Waals surface area (Å²) in [6.45, 7) is 0.636. The normalized spacial score (nSPS) is 18.6. The zero-order chi connectivity index (χ0) is 17.6. The van der Waals surface area contributed by atoms with Crippen LogP contribution in [0.2, 0.25) is 0 Å². The number of halogens is 1. The van der Waals surface area contributed by atoms with Crippen LogP contribution in [0.15, 0.2) is 53.5 Å². The van der Waals surface area contributed by atoms with Crippen molar-refractivity contribution in [3.8, 4) is 11.5 Å². The minimum atomic E-state index is 0. The lowest BCUT2D eigenvalue weighted by Gasteiger charge is -2.09. The maximum atomic E-state index is 6.01. The lowest BCUT2D eigenvalue weighted by Crippen LogP contribution is -2.34. The largest absolute Gasteiger partial charge is 0.493 e. The molecule has 0 bridgehead atoms. The van der Waals surface area contributed by atoms with E-state index in [0.29, 0.717) is 24.5 Å². The second-order valence-corrected chi connectivity index (χ2v) is 6.21. The summed E-state index contributed by atoms with van der Waals surface area (Å²) >= 11 is 0. The van der Waals surface area contributed by atoms with Crippen LogP contribution in [0.25, 0.3) is 0 Å². The molecule has 26 heavy (non-hydrogen) atoms. The second-order valence-electron chi connectivity index (χ2n) is 6.21. The first kappa shape index (κ1) is 20.4. The molecule has 1 saturated carbocycles. The summed E-state index contributed by atoms with van der Waals surface area (Å²) in [6.07, 6.45) is 1.91. The molecule has 0 heterocycles. The number of hydrogen-bond donors (Lipinski definition) is 2. The van der Waals surface area contributed by atoms with Crippen LogP contribution < -0.4 is 20.5 Å². The first-order chi connectivity index (χ1) is 12.2. The van der Waals surface area contributed by atoms with Crippen molar-refractivity contribution in [3.05, 3.63) is 59.7 Å². The van der Waals surface area contributed by atoms with Crippen molar-refractivity contribution in [1.82, 2.24) is 5.32 Å². The summed E-state index contributed by atoms with van der Waals surface area (Å²) in [6, 6.07) is 16.8. The van der Waals surface area contributed by atoms with E-state index in [1.165, 1.54) is 5.56 Å².